The summed E-state index contributed by atoms with van der Waals surface area (Å²) in [5.74, 6) is 0. The first-order valence-electron chi connectivity index (χ1n) is 2.18. The highest BCUT2D eigenvalue weighted by Gasteiger charge is 2.13. The fourth-order valence-corrected chi connectivity index (χ4v) is 1.02. The van der Waals surface area contributed by atoms with Crippen molar-refractivity contribution >= 4 is 25.3 Å². The highest BCUT2D eigenvalue weighted by atomic mass is 32.1. The van der Waals surface area contributed by atoms with Crippen molar-refractivity contribution in [1.82, 2.24) is 0 Å². The van der Waals surface area contributed by atoms with E-state index in [1.165, 1.54) is 0 Å². The third-order valence-electron chi connectivity index (χ3n) is 0.617. The van der Waals surface area contributed by atoms with E-state index in [-0.39, 0.29) is 6.42 Å². The number of hydrogen-bond donors (Lipinski definition) is 3. The van der Waals surface area contributed by atoms with Gasteiger partial charge < -0.3 is 9.79 Å². The Balaban J connectivity index is 3.53. The van der Waals surface area contributed by atoms with Gasteiger partial charge in [-0.1, -0.05) is 0 Å². The molecule has 0 heterocycles. The molecule has 54 valence electrons. The molecule has 9 heavy (non-hydrogen) atoms. The molecule has 2 N–H and O–H groups in total. The first kappa shape index (κ1) is 9.17. The lowest BCUT2D eigenvalue weighted by atomic mass is 10.5. The maximum atomic E-state index is 10.0. The van der Waals surface area contributed by atoms with Gasteiger partial charge in [-0.15, -0.1) is 12.6 Å². The zero-order valence-corrected chi connectivity index (χ0v) is 6.31. The van der Waals surface area contributed by atoms with Crippen molar-refractivity contribution in [2.24, 2.45) is 0 Å². The molecule has 0 bridgehead atoms. The van der Waals surface area contributed by atoms with Crippen LogP contribution in [0.2, 0.25) is 0 Å². The van der Waals surface area contributed by atoms with Crippen molar-refractivity contribution in [3.63, 3.8) is 0 Å². The fraction of sp³-hybridized carbons (Fsp3) is 0.667. The maximum Gasteiger partial charge on any atom is 0.326 e. The van der Waals surface area contributed by atoms with Crippen molar-refractivity contribution in [1.29, 1.82) is 0 Å². The van der Waals surface area contributed by atoms with E-state index >= 15 is 0 Å². The minimum absolute atomic E-state index is 0.173. The summed E-state index contributed by atoms with van der Waals surface area (Å²) in [5, 5.41) is -0.502. The van der Waals surface area contributed by atoms with Crippen LogP contribution in [0.5, 0.6) is 0 Å². The summed E-state index contributed by atoms with van der Waals surface area (Å²) in [7, 11) is -3.99. The van der Waals surface area contributed by atoms with Gasteiger partial charge in [-0.3, -0.25) is 9.36 Å². The SMILES string of the molecule is O=C(S)CCP(=O)(O)O. The fourth-order valence-electron chi connectivity index (χ4n) is 0.241. The van der Waals surface area contributed by atoms with Crippen molar-refractivity contribution in [2.75, 3.05) is 6.16 Å². The highest BCUT2D eigenvalue weighted by Crippen LogP contribution is 2.34. The van der Waals surface area contributed by atoms with Crippen LogP contribution in [0.25, 0.3) is 0 Å². The van der Waals surface area contributed by atoms with Crippen LogP contribution in [0.4, 0.5) is 0 Å². The van der Waals surface area contributed by atoms with Gasteiger partial charge in [-0.2, -0.15) is 0 Å². The molecule has 0 saturated heterocycles. The van der Waals surface area contributed by atoms with Crippen LogP contribution in [-0.2, 0) is 9.36 Å². The molecule has 0 aliphatic carbocycles. The van der Waals surface area contributed by atoms with Crippen molar-refractivity contribution in [3.8, 4) is 0 Å². The van der Waals surface area contributed by atoms with Gasteiger partial charge in [-0.25, -0.2) is 0 Å². The molecular formula is C3H7O4PS. The zero-order chi connectivity index (χ0) is 7.49. The summed E-state index contributed by atoms with van der Waals surface area (Å²) in [6.07, 6.45) is -0.581. The van der Waals surface area contributed by atoms with Crippen LogP contribution in [0.1, 0.15) is 6.42 Å². The zero-order valence-electron chi connectivity index (χ0n) is 4.52. The van der Waals surface area contributed by atoms with Gasteiger partial charge in [0.25, 0.3) is 0 Å². The molecule has 0 aromatic rings. The van der Waals surface area contributed by atoms with Gasteiger partial charge in [-0.05, 0) is 0 Å². The highest BCUT2D eigenvalue weighted by molar-refractivity contribution is 7.96. The Hall–Kier alpha value is 0.170. The molecule has 0 radical (unpaired) electrons. The smallest absolute Gasteiger partial charge is 0.324 e. The molecule has 0 aromatic carbocycles. The lowest BCUT2D eigenvalue weighted by Gasteiger charge is -1.98. The normalized spacial score (nSPS) is 11.4. The van der Waals surface area contributed by atoms with Crippen LogP contribution in [0.15, 0.2) is 0 Å². The van der Waals surface area contributed by atoms with Crippen molar-refractivity contribution in [2.45, 2.75) is 6.42 Å². The molecule has 0 rings (SSSR count). The maximum absolute atomic E-state index is 10.0. The predicted molar refractivity (Wildman–Crippen MR) is 35.5 cm³/mol. The Morgan fingerprint density at radius 2 is 2.00 bits per heavy atom. The second-order valence-electron chi connectivity index (χ2n) is 1.53. The first-order valence-corrected chi connectivity index (χ1v) is 4.42. The molecule has 0 saturated carbocycles. The Labute approximate surface area is 57.8 Å². The second kappa shape index (κ2) is 3.37. The molecule has 6 heteroatoms. The van der Waals surface area contributed by atoms with Gasteiger partial charge in [0.15, 0.2) is 5.12 Å². The minimum atomic E-state index is -3.99. The number of rotatable bonds is 3. The second-order valence-corrected chi connectivity index (χ2v) is 3.81. The minimum Gasteiger partial charge on any atom is -0.324 e. The Morgan fingerprint density at radius 3 is 2.11 bits per heavy atom. The molecule has 0 atom stereocenters. The lowest BCUT2D eigenvalue weighted by molar-refractivity contribution is -0.110. The number of carbonyl (C=O) groups is 1. The average molecular weight is 170 g/mol. The number of carbonyl (C=O) groups excluding carboxylic acids is 1. The summed E-state index contributed by atoms with van der Waals surface area (Å²) in [5.41, 5.74) is 0. The van der Waals surface area contributed by atoms with E-state index in [9.17, 15) is 9.36 Å². The molecule has 0 aromatic heterocycles. The van der Waals surface area contributed by atoms with Gasteiger partial charge in [0.2, 0.25) is 0 Å². The summed E-state index contributed by atoms with van der Waals surface area (Å²) in [4.78, 5) is 26.4. The molecule has 0 unspecified atom stereocenters. The van der Waals surface area contributed by atoms with Gasteiger partial charge in [0.1, 0.15) is 0 Å². The Bertz CT molecular complexity index is 150. The van der Waals surface area contributed by atoms with E-state index in [4.69, 9.17) is 9.79 Å². The van der Waals surface area contributed by atoms with E-state index in [0.29, 0.717) is 0 Å². The average Bonchev–Trinajstić information content (AvgIpc) is 1.59. The van der Waals surface area contributed by atoms with Crippen LogP contribution in [0, 0.1) is 0 Å². The topological polar surface area (TPSA) is 74.6 Å². The summed E-state index contributed by atoms with van der Waals surface area (Å²) >= 11 is 3.33. The standard InChI is InChI=1S/C3H7O4PS/c4-3(9)1-2-8(5,6)7/h1-2H2,(H,4,9)(H2,5,6,7). The van der Waals surface area contributed by atoms with E-state index in [0.717, 1.165) is 0 Å². The van der Waals surface area contributed by atoms with E-state index < -0.39 is 18.9 Å². The van der Waals surface area contributed by atoms with Crippen LogP contribution < -0.4 is 0 Å². The number of hydrogen-bond acceptors (Lipinski definition) is 2. The molecule has 0 amide bonds. The largest absolute Gasteiger partial charge is 0.326 e. The monoisotopic (exact) mass is 170 g/mol. The van der Waals surface area contributed by atoms with Crippen LogP contribution >= 0.6 is 20.2 Å². The van der Waals surface area contributed by atoms with Crippen LogP contribution in [-0.4, -0.2) is 21.1 Å². The van der Waals surface area contributed by atoms with E-state index in [1.54, 1.807) is 0 Å². The van der Waals surface area contributed by atoms with Gasteiger partial charge >= 0.3 is 7.60 Å². The Kier molecular flexibility index (Phi) is 3.43. The summed E-state index contributed by atoms with van der Waals surface area (Å²) in [6, 6.07) is 0. The van der Waals surface area contributed by atoms with Crippen molar-refractivity contribution < 1.29 is 19.1 Å². The number of thiol groups is 1. The Morgan fingerprint density at radius 1 is 1.56 bits per heavy atom. The first-order chi connectivity index (χ1) is 3.92. The molecular weight excluding hydrogens is 163 g/mol. The molecule has 0 aliphatic rings. The summed E-state index contributed by atoms with van der Waals surface area (Å²) in [6.45, 7) is 0. The quantitative estimate of drug-likeness (QED) is 0.412. The van der Waals surface area contributed by atoms with E-state index in [1.807, 2.05) is 0 Å². The third kappa shape index (κ3) is 8.17. The molecule has 0 spiro atoms. The lowest BCUT2D eigenvalue weighted by Crippen LogP contribution is -1.93. The summed E-state index contributed by atoms with van der Waals surface area (Å²) < 4.78 is 10.0. The van der Waals surface area contributed by atoms with E-state index in [2.05, 4.69) is 12.6 Å². The third-order valence-corrected chi connectivity index (χ3v) is 1.65. The van der Waals surface area contributed by atoms with Gasteiger partial charge in [0, 0.05) is 6.42 Å². The molecule has 4 nitrogen and oxygen atoms in total. The van der Waals surface area contributed by atoms with Crippen molar-refractivity contribution in [3.05, 3.63) is 0 Å². The molecule has 0 aliphatic heterocycles. The van der Waals surface area contributed by atoms with Gasteiger partial charge in [0.05, 0.1) is 6.16 Å². The van der Waals surface area contributed by atoms with Crippen LogP contribution in [0.3, 0.4) is 0 Å². The molecule has 0 fully saturated rings. The predicted octanol–water partition coefficient (Wildman–Crippen LogP) is 0.0106.